The van der Waals surface area contributed by atoms with Gasteiger partial charge in [0.1, 0.15) is 5.82 Å². The first-order chi connectivity index (χ1) is 9.06. The van der Waals surface area contributed by atoms with Gasteiger partial charge in [-0.05, 0) is 18.2 Å². The summed E-state index contributed by atoms with van der Waals surface area (Å²) in [6.45, 7) is 0. The summed E-state index contributed by atoms with van der Waals surface area (Å²) < 4.78 is 13.0. The Bertz CT molecular complexity index is 583. The van der Waals surface area contributed by atoms with Gasteiger partial charge in [-0.15, -0.1) is 0 Å². The van der Waals surface area contributed by atoms with E-state index in [1.54, 1.807) is 11.0 Å². The fraction of sp³-hybridized carbons (Fsp3) is 0.154. The molecule has 2 rings (SSSR count). The minimum Gasteiger partial charge on any atom is -0.347 e. The van der Waals surface area contributed by atoms with E-state index in [1.807, 2.05) is 14.1 Å². The fourth-order valence-corrected chi connectivity index (χ4v) is 1.44. The lowest BCUT2D eigenvalue weighted by Crippen LogP contribution is -2.16. The third-order valence-corrected chi connectivity index (χ3v) is 2.38. The number of carbonyl (C=O) groups excluding carboxylic acids is 1. The molecule has 1 aromatic heterocycles. The van der Waals surface area contributed by atoms with Crippen LogP contribution in [0.25, 0.3) is 0 Å². The lowest BCUT2D eigenvalue weighted by Gasteiger charge is -2.10. The van der Waals surface area contributed by atoms with Crippen LogP contribution in [0.1, 0.15) is 10.4 Å². The summed E-state index contributed by atoms with van der Waals surface area (Å²) >= 11 is 0. The van der Waals surface area contributed by atoms with Crippen molar-refractivity contribution in [2.75, 3.05) is 24.3 Å². The standard InChI is InChI=1S/C13H13FN4O/c1-18(2)13-15-7-9(8-16-13)12(19)17-11-5-3-4-10(14)6-11/h3-8H,1-2H3,(H,17,19). The van der Waals surface area contributed by atoms with Crippen molar-refractivity contribution in [2.45, 2.75) is 0 Å². The number of benzene rings is 1. The molecule has 1 N–H and O–H groups in total. The normalized spacial score (nSPS) is 10.1. The first-order valence-electron chi connectivity index (χ1n) is 5.62. The molecule has 0 fully saturated rings. The average molecular weight is 260 g/mol. The van der Waals surface area contributed by atoms with Gasteiger partial charge in [0, 0.05) is 32.2 Å². The predicted molar refractivity (Wildman–Crippen MR) is 70.7 cm³/mol. The third kappa shape index (κ3) is 3.25. The fourth-order valence-electron chi connectivity index (χ4n) is 1.44. The van der Waals surface area contributed by atoms with E-state index in [0.29, 0.717) is 17.2 Å². The van der Waals surface area contributed by atoms with Crippen molar-refractivity contribution in [3.05, 3.63) is 48.0 Å². The summed E-state index contributed by atoms with van der Waals surface area (Å²) in [6.07, 6.45) is 2.86. The summed E-state index contributed by atoms with van der Waals surface area (Å²) in [7, 11) is 3.61. The van der Waals surface area contributed by atoms with E-state index in [0.717, 1.165) is 0 Å². The number of rotatable bonds is 3. The maximum absolute atomic E-state index is 13.0. The van der Waals surface area contributed by atoms with E-state index in [1.165, 1.54) is 30.6 Å². The van der Waals surface area contributed by atoms with Gasteiger partial charge in [0.15, 0.2) is 0 Å². The van der Waals surface area contributed by atoms with Gasteiger partial charge in [-0.3, -0.25) is 4.79 Å². The maximum Gasteiger partial charge on any atom is 0.258 e. The number of hydrogen-bond donors (Lipinski definition) is 1. The molecule has 19 heavy (non-hydrogen) atoms. The molecule has 0 radical (unpaired) electrons. The largest absolute Gasteiger partial charge is 0.347 e. The minimum absolute atomic E-state index is 0.315. The Morgan fingerprint density at radius 3 is 2.53 bits per heavy atom. The Labute approximate surface area is 110 Å². The minimum atomic E-state index is -0.406. The molecule has 5 nitrogen and oxygen atoms in total. The van der Waals surface area contributed by atoms with Crippen molar-refractivity contribution in [1.82, 2.24) is 9.97 Å². The van der Waals surface area contributed by atoms with Gasteiger partial charge < -0.3 is 10.2 Å². The van der Waals surface area contributed by atoms with Gasteiger partial charge in [0.05, 0.1) is 5.56 Å². The highest BCUT2D eigenvalue weighted by Crippen LogP contribution is 2.11. The molecular weight excluding hydrogens is 247 g/mol. The SMILES string of the molecule is CN(C)c1ncc(C(=O)Nc2cccc(F)c2)cn1. The van der Waals surface area contributed by atoms with E-state index >= 15 is 0 Å². The molecule has 0 aliphatic rings. The lowest BCUT2D eigenvalue weighted by atomic mass is 10.2. The predicted octanol–water partition coefficient (Wildman–Crippen LogP) is 1.93. The molecule has 0 spiro atoms. The van der Waals surface area contributed by atoms with Gasteiger partial charge >= 0.3 is 0 Å². The number of aromatic nitrogens is 2. The quantitative estimate of drug-likeness (QED) is 0.916. The van der Waals surface area contributed by atoms with Crippen LogP contribution in [0.3, 0.4) is 0 Å². The molecule has 0 saturated heterocycles. The van der Waals surface area contributed by atoms with Gasteiger partial charge in [-0.2, -0.15) is 0 Å². The van der Waals surface area contributed by atoms with E-state index < -0.39 is 5.82 Å². The third-order valence-electron chi connectivity index (χ3n) is 2.38. The average Bonchev–Trinajstić information content (AvgIpc) is 2.39. The van der Waals surface area contributed by atoms with E-state index in [4.69, 9.17) is 0 Å². The second-order valence-electron chi connectivity index (χ2n) is 4.13. The molecule has 2 aromatic rings. The maximum atomic E-state index is 13.0. The molecule has 98 valence electrons. The summed E-state index contributed by atoms with van der Waals surface area (Å²) in [5.41, 5.74) is 0.705. The smallest absolute Gasteiger partial charge is 0.258 e. The highest BCUT2D eigenvalue weighted by atomic mass is 19.1. The van der Waals surface area contributed by atoms with Crippen LogP contribution in [0.2, 0.25) is 0 Å². The molecule has 0 atom stereocenters. The molecule has 6 heteroatoms. The molecule has 1 aromatic carbocycles. The van der Waals surface area contributed by atoms with Crippen LogP contribution in [0.5, 0.6) is 0 Å². The molecular formula is C13H13FN4O. The Balaban J connectivity index is 2.11. The van der Waals surface area contributed by atoms with Crippen molar-refractivity contribution in [2.24, 2.45) is 0 Å². The summed E-state index contributed by atoms with van der Waals surface area (Å²) in [5, 5.41) is 2.58. The summed E-state index contributed by atoms with van der Waals surface area (Å²) in [5.74, 6) is -0.268. The molecule has 0 aliphatic heterocycles. The van der Waals surface area contributed by atoms with Crippen molar-refractivity contribution < 1.29 is 9.18 Å². The molecule has 0 saturated carbocycles. The first kappa shape index (κ1) is 12.9. The molecule has 0 aliphatic carbocycles. The van der Waals surface area contributed by atoms with Gasteiger partial charge in [-0.1, -0.05) is 6.07 Å². The number of hydrogen-bond acceptors (Lipinski definition) is 4. The van der Waals surface area contributed by atoms with Gasteiger partial charge in [0.25, 0.3) is 5.91 Å². The van der Waals surface area contributed by atoms with E-state index in [9.17, 15) is 9.18 Å². The van der Waals surface area contributed by atoms with Crippen LogP contribution < -0.4 is 10.2 Å². The van der Waals surface area contributed by atoms with Crippen molar-refractivity contribution >= 4 is 17.5 Å². The van der Waals surface area contributed by atoms with Crippen LogP contribution in [-0.2, 0) is 0 Å². The van der Waals surface area contributed by atoms with Crippen LogP contribution >= 0.6 is 0 Å². The molecule has 1 heterocycles. The number of anilines is 2. The van der Waals surface area contributed by atoms with Gasteiger partial charge in [-0.25, -0.2) is 14.4 Å². The zero-order chi connectivity index (χ0) is 13.8. The lowest BCUT2D eigenvalue weighted by molar-refractivity contribution is 0.102. The Morgan fingerprint density at radius 1 is 1.26 bits per heavy atom. The first-order valence-corrected chi connectivity index (χ1v) is 5.62. The van der Waals surface area contributed by atoms with Crippen LogP contribution in [0, 0.1) is 5.82 Å². The molecule has 0 bridgehead atoms. The van der Waals surface area contributed by atoms with Crippen molar-refractivity contribution in [3.8, 4) is 0 Å². The number of carbonyl (C=O) groups is 1. The molecule has 0 unspecified atom stereocenters. The summed E-state index contributed by atoms with van der Waals surface area (Å²) in [6, 6.07) is 5.68. The highest BCUT2D eigenvalue weighted by Gasteiger charge is 2.08. The number of halogens is 1. The monoisotopic (exact) mass is 260 g/mol. The number of amides is 1. The zero-order valence-corrected chi connectivity index (χ0v) is 10.6. The van der Waals surface area contributed by atoms with Crippen LogP contribution in [0.4, 0.5) is 16.0 Å². The Hall–Kier alpha value is -2.50. The second-order valence-corrected chi connectivity index (χ2v) is 4.13. The Morgan fingerprint density at radius 2 is 1.95 bits per heavy atom. The van der Waals surface area contributed by atoms with E-state index in [2.05, 4.69) is 15.3 Å². The molecule has 1 amide bonds. The summed E-state index contributed by atoms with van der Waals surface area (Å²) in [4.78, 5) is 21.7. The number of nitrogens with zero attached hydrogens (tertiary/aromatic N) is 3. The van der Waals surface area contributed by atoms with Crippen molar-refractivity contribution in [3.63, 3.8) is 0 Å². The van der Waals surface area contributed by atoms with Crippen molar-refractivity contribution in [1.29, 1.82) is 0 Å². The van der Waals surface area contributed by atoms with Gasteiger partial charge in [0.2, 0.25) is 5.95 Å². The van der Waals surface area contributed by atoms with Crippen LogP contribution in [0.15, 0.2) is 36.7 Å². The highest BCUT2D eigenvalue weighted by molar-refractivity contribution is 6.03. The zero-order valence-electron chi connectivity index (χ0n) is 10.6. The Kier molecular flexibility index (Phi) is 3.70. The van der Waals surface area contributed by atoms with Crippen LogP contribution in [-0.4, -0.2) is 30.0 Å². The van der Waals surface area contributed by atoms with E-state index in [-0.39, 0.29) is 5.91 Å². The second kappa shape index (κ2) is 5.43. The topological polar surface area (TPSA) is 58.1 Å². The number of nitrogens with one attached hydrogen (secondary N) is 1.